The van der Waals surface area contributed by atoms with Gasteiger partial charge in [0.15, 0.2) is 0 Å². The number of allylic oxidation sites excluding steroid dienone is 1. The number of hydrogen-bond acceptors (Lipinski definition) is 2. The highest BCUT2D eigenvalue weighted by Gasteiger charge is 2.04. The average molecular weight is 240 g/mol. The van der Waals surface area contributed by atoms with Crippen LogP contribution in [0.5, 0.6) is 0 Å². The number of aromatic nitrogens is 2. The number of para-hydroxylation sites is 1. The molecule has 0 unspecified atom stereocenters. The summed E-state index contributed by atoms with van der Waals surface area (Å²) in [4.78, 5) is 9.16. The Kier molecular flexibility index (Phi) is 5.25. The van der Waals surface area contributed by atoms with Gasteiger partial charge in [-0.25, -0.2) is 9.97 Å². The van der Waals surface area contributed by atoms with E-state index in [2.05, 4.69) is 16.5 Å². The molecule has 94 valence electrons. The second kappa shape index (κ2) is 6.70. The molecule has 2 heteroatoms. The van der Waals surface area contributed by atoms with Crippen LogP contribution in [0, 0.1) is 6.92 Å². The molecule has 18 heavy (non-hydrogen) atoms. The van der Waals surface area contributed by atoms with Crippen molar-refractivity contribution in [2.24, 2.45) is 0 Å². The molecule has 1 aromatic heterocycles. The first-order valence-corrected chi connectivity index (χ1v) is 6.28. The molecule has 0 saturated carbocycles. The van der Waals surface area contributed by atoms with Crippen molar-refractivity contribution in [1.29, 1.82) is 0 Å². The van der Waals surface area contributed by atoms with Gasteiger partial charge in [0.05, 0.1) is 22.4 Å². The van der Waals surface area contributed by atoms with Gasteiger partial charge in [-0.1, -0.05) is 38.6 Å². The monoisotopic (exact) mass is 240 g/mol. The van der Waals surface area contributed by atoms with Crippen molar-refractivity contribution >= 4 is 23.2 Å². The first-order chi connectivity index (χ1) is 8.76. The summed E-state index contributed by atoms with van der Waals surface area (Å²) in [6.07, 6.45) is 5.65. The molecule has 0 radical (unpaired) electrons. The first-order valence-electron chi connectivity index (χ1n) is 6.28. The first kappa shape index (κ1) is 14.1. The standard InChI is InChI=1S/C14H14N2.C2H6/c1-4-7-12-11(5-2)15-13-9-6-8-10(3)14(13)16-12;1-2/h4-9H,2H2,1,3H3;1-2H3/b7-4-;. The molecule has 0 N–H and O–H groups in total. The molecule has 0 saturated heterocycles. The molecule has 1 aromatic carbocycles. The maximum atomic E-state index is 4.61. The number of nitrogens with zero attached hydrogens (tertiary/aromatic N) is 2. The summed E-state index contributed by atoms with van der Waals surface area (Å²) in [6.45, 7) is 11.8. The van der Waals surface area contributed by atoms with Gasteiger partial charge in [0, 0.05) is 0 Å². The van der Waals surface area contributed by atoms with Gasteiger partial charge in [-0.15, -0.1) is 0 Å². The topological polar surface area (TPSA) is 25.8 Å². The molecule has 2 rings (SSSR count). The van der Waals surface area contributed by atoms with Crippen molar-refractivity contribution in [2.75, 3.05) is 0 Å². The van der Waals surface area contributed by atoms with E-state index >= 15 is 0 Å². The van der Waals surface area contributed by atoms with Crippen LogP contribution in [0.15, 0.2) is 30.9 Å². The Balaban J connectivity index is 0.000000771. The van der Waals surface area contributed by atoms with Gasteiger partial charge in [0.1, 0.15) is 0 Å². The molecule has 0 bridgehead atoms. The Bertz CT molecular complexity index is 569. The van der Waals surface area contributed by atoms with Crippen LogP contribution >= 0.6 is 0 Å². The van der Waals surface area contributed by atoms with Crippen LogP contribution < -0.4 is 0 Å². The second-order valence-corrected chi connectivity index (χ2v) is 3.64. The van der Waals surface area contributed by atoms with Crippen molar-refractivity contribution in [1.82, 2.24) is 9.97 Å². The Hall–Kier alpha value is -1.96. The predicted octanol–water partition coefficient (Wildman–Crippen LogP) is 4.64. The molecular weight excluding hydrogens is 220 g/mol. The maximum Gasteiger partial charge on any atom is 0.0923 e. The molecule has 0 spiro atoms. The molecule has 0 aliphatic heterocycles. The van der Waals surface area contributed by atoms with Crippen molar-refractivity contribution in [3.8, 4) is 0 Å². The van der Waals surface area contributed by atoms with E-state index in [1.807, 2.05) is 58.0 Å². The predicted molar refractivity (Wildman–Crippen MR) is 80.4 cm³/mol. The summed E-state index contributed by atoms with van der Waals surface area (Å²) in [6, 6.07) is 6.01. The number of hydrogen-bond donors (Lipinski definition) is 0. The van der Waals surface area contributed by atoms with E-state index in [0.717, 1.165) is 28.0 Å². The zero-order valence-corrected chi connectivity index (χ0v) is 11.6. The molecular formula is C16H20N2. The third-order valence-corrected chi connectivity index (χ3v) is 2.47. The van der Waals surface area contributed by atoms with Crippen LogP contribution in [-0.4, -0.2) is 9.97 Å². The highest BCUT2D eigenvalue weighted by Crippen LogP contribution is 2.18. The lowest BCUT2D eigenvalue weighted by Gasteiger charge is -2.05. The fraction of sp³-hybridized carbons (Fsp3) is 0.250. The largest absolute Gasteiger partial charge is 0.245 e. The number of benzene rings is 1. The Labute approximate surface area is 109 Å². The van der Waals surface area contributed by atoms with Gasteiger partial charge >= 0.3 is 0 Å². The molecule has 0 fully saturated rings. The minimum atomic E-state index is 0.830. The smallest absolute Gasteiger partial charge is 0.0923 e. The normalized spacial score (nSPS) is 10.2. The van der Waals surface area contributed by atoms with Crippen molar-refractivity contribution in [3.63, 3.8) is 0 Å². The fourth-order valence-corrected chi connectivity index (χ4v) is 1.67. The quantitative estimate of drug-likeness (QED) is 0.764. The van der Waals surface area contributed by atoms with Gasteiger partial charge in [-0.2, -0.15) is 0 Å². The summed E-state index contributed by atoms with van der Waals surface area (Å²) in [7, 11) is 0. The summed E-state index contributed by atoms with van der Waals surface area (Å²) < 4.78 is 0. The van der Waals surface area contributed by atoms with E-state index in [1.165, 1.54) is 0 Å². The van der Waals surface area contributed by atoms with Gasteiger partial charge in [0.2, 0.25) is 0 Å². The van der Waals surface area contributed by atoms with Crippen molar-refractivity contribution in [2.45, 2.75) is 27.7 Å². The molecule has 0 amide bonds. The van der Waals surface area contributed by atoms with E-state index in [-0.39, 0.29) is 0 Å². The van der Waals surface area contributed by atoms with Gasteiger partial charge in [-0.05, 0) is 37.6 Å². The minimum Gasteiger partial charge on any atom is -0.245 e. The van der Waals surface area contributed by atoms with E-state index < -0.39 is 0 Å². The molecule has 2 nitrogen and oxygen atoms in total. The van der Waals surface area contributed by atoms with Crippen molar-refractivity contribution in [3.05, 3.63) is 47.8 Å². The molecule has 2 aromatic rings. The maximum absolute atomic E-state index is 4.61. The van der Waals surface area contributed by atoms with E-state index in [1.54, 1.807) is 6.08 Å². The van der Waals surface area contributed by atoms with Crippen LogP contribution in [0.25, 0.3) is 23.2 Å². The highest BCUT2D eigenvalue weighted by molar-refractivity contribution is 5.80. The Morgan fingerprint density at radius 2 is 1.83 bits per heavy atom. The molecule has 0 aliphatic rings. The van der Waals surface area contributed by atoms with Gasteiger partial charge in [-0.3, -0.25) is 0 Å². The van der Waals surface area contributed by atoms with Crippen molar-refractivity contribution < 1.29 is 0 Å². The van der Waals surface area contributed by atoms with Crippen LogP contribution in [0.1, 0.15) is 37.7 Å². The average Bonchev–Trinajstić information content (AvgIpc) is 2.42. The SMILES string of the molecule is C=Cc1nc2cccc(C)c2nc1/C=C\C.CC. The summed E-state index contributed by atoms with van der Waals surface area (Å²) >= 11 is 0. The number of rotatable bonds is 2. The van der Waals surface area contributed by atoms with Gasteiger partial charge < -0.3 is 0 Å². The van der Waals surface area contributed by atoms with Crippen LogP contribution in [0.2, 0.25) is 0 Å². The summed E-state index contributed by atoms with van der Waals surface area (Å²) in [5, 5.41) is 0. The summed E-state index contributed by atoms with van der Waals surface area (Å²) in [5.41, 5.74) is 4.73. The molecule has 0 aliphatic carbocycles. The Morgan fingerprint density at radius 1 is 1.11 bits per heavy atom. The lowest BCUT2D eigenvalue weighted by molar-refractivity contribution is 1.22. The number of fused-ring (bicyclic) bond motifs is 1. The summed E-state index contributed by atoms with van der Waals surface area (Å²) in [5.74, 6) is 0. The minimum absolute atomic E-state index is 0.830. The third-order valence-electron chi connectivity index (χ3n) is 2.47. The van der Waals surface area contributed by atoms with Crippen LogP contribution in [0.4, 0.5) is 0 Å². The molecule has 0 atom stereocenters. The van der Waals surface area contributed by atoms with Crippen LogP contribution in [0.3, 0.4) is 0 Å². The van der Waals surface area contributed by atoms with Gasteiger partial charge in [0.25, 0.3) is 0 Å². The van der Waals surface area contributed by atoms with Crippen LogP contribution in [-0.2, 0) is 0 Å². The fourth-order valence-electron chi connectivity index (χ4n) is 1.67. The van der Waals surface area contributed by atoms with E-state index in [0.29, 0.717) is 0 Å². The zero-order valence-electron chi connectivity index (χ0n) is 11.6. The molecule has 1 heterocycles. The van der Waals surface area contributed by atoms with E-state index in [4.69, 9.17) is 0 Å². The third kappa shape index (κ3) is 2.83. The lowest BCUT2D eigenvalue weighted by atomic mass is 10.1. The highest BCUT2D eigenvalue weighted by atomic mass is 14.8. The zero-order chi connectivity index (χ0) is 13.5. The second-order valence-electron chi connectivity index (χ2n) is 3.64. The van der Waals surface area contributed by atoms with E-state index in [9.17, 15) is 0 Å². The Morgan fingerprint density at radius 3 is 2.44 bits per heavy atom. The lowest BCUT2D eigenvalue weighted by Crippen LogP contribution is -1.95. The number of aryl methyl sites for hydroxylation is 1.